The molecule has 0 spiro atoms. The molecule has 144 valence electrons. The number of nitrogens with one attached hydrogen (secondary N) is 1. The van der Waals surface area contributed by atoms with E-state index < -0.39 is 0 Å². The fraction of sp³-hybridized carbons (Fsp3) is 0.300. The number of likely N-dealkylation sites (tertiary alicyclic amines) is 1. The summed E-state index contributed by atoms with van der Waals surface area (Å²) in [5, 5.41) is 3.15. The molecular formula is C20H23Cl2N3O2. The number of nitrogens with zero attached hydrogens (tertiary/aromatic N) is 1. The summed E-state index contributed by atoms with van der Waals surface area (Å²) in [6, 6.07) is 12.1. The van der Waals surface area contributed by atoms with Crippen molar-refractivity contribution in [2.75, 3.05) is 18.4 Å². The van der Waals surface area contributed by atoms with E-state index in [4.69, 9.17) is 17.3 Å². The molecule has 1 fully saturated rings. The van der Waals surface area contributed by atoms with Crippen LogP contribution in [0.15, 0.2) is 42.5 Å². The summed E-state index contributed by atoms with van der Waals surface area (Å²) in [4.78, 5) is 26.7. The monoisotopic (exact) mass is 407 g/mol. The van der Waals surface area contributed by atoms with E-state index in [9.17, 15) is 9.59 Å². The maximum Gasteiger partial charge on any atom is 0.255 e. The standard InChI is InChI=1S/C20H22ClN3O2.ClH/c21-18-12-16(23-19(25)15-6-4-14(13-22)5-7-15)8-9-17(18)20(26)24-10-2-1-3-11-24;/h4-9,12H,1-3,10-11,13,22H2,(H,23,25);1H. The second-order valence-corrected chi connectivity index (χ2v) is 6.81. The molecule has 0 atom stereocenters. The van der Waals surface area contributed by atoms with Gasteiger partial charge in [0.15, 0.2) is 0 Å². The topological polar surface area (TPSA) is 75.4 Å². The molecule has 2 aromatic rings. The number of halogens is 2. The van der Waals surface area contributed by atoms with Gasteiger partial charge in [-0.15, -0.1) is 12.4 Å². The normalized spacial score (nSPS) is 13.6. The van der Waals surface area contributed by atoms with Crippen molar-refractivity contribution in [3.8, 4) is 0 Å². The van der Waals surface area contributed by atoms with Gasteiger partial charge in [-0.25, -0.2) is 0 Å². The lowest BCUT2D eigenvalue weighted by Gasteiger charge is -2.27. The van der Waals surface area contributed by atoms with Crippen molar-refractivity contribution in [2.24, 2.45) is 5.73 Å². The molecule has 5 nitrogen and oxygen atoms in total. The highest BCUT2D eigenvalue weighted by Gasteiger charge is 2.20. The highest BCUT2D eigenvalue weighted by molar-refractivity contribution is 6.34. The largest absolute Gasteiger partial charge is 0.339 e. The smallest absolute Gasteiger partial charge is 0.255 e. The Kier molecular flexibility index (Phi) is 7.66. The SMILES string of the molecule is Cl.NCc1ccc(C(=O)Nc2ccc(C(=O)N3CCCCC3)c(Cl)c2)cc1. The van der Waals surface area contributed by atoms with Gasteiger partial charge >= 0.3 is 0 Å². The number of carbonyl (C=O) groups is 2. The number of nitrogens with two attached hydrogens (primary N) is 1. The average Bonchev–Trinajstić information content (AvgIpc) is 2.68. The number of rotatable bonds is 4. The first-order valence-electron chi connectivity index (χ1n) is 8.77. The van der Waals surface area contributed by atoms with Crippen LogP contribution < -0.4 is 11.1 Å². The second kappa shape index (κ2) is 9.74. The molecule has 0 unspecified atom stereocenters. The van der Waals surface area contributed by atoms with Gasteiger partial charge in [0, 0.05) is 30.9 Å². The molecule has 27 heavy (non-hydrogen) atoms. The highest BCUT2D eigenvalue weighted by Crippen LogP contribution is 2.24. The molecule has 0 saturated carbocycles. The van der Waals surface area contributed by atoms with Crippen molar-refractivity contribution in [1.82, 2.24) is 4.90 Å². The van der Waals surface area contributed by atoms with E-state index in [1.165, 1.54) is 0 Å². The second-order valence-electron chi connectivity index (χ2n) is 6.40. The minimum atomic E-state index is -0.236. The molecule has 3 N–H and O–H groups in total. The van der Waals surface area contributed by atoms with Crippen molar-refractivity contribution in [3.05, 3.63) is 64.2 Å². The first kappa shape index (κ1) is 21.2. The first-order valence-corrected chi connectivity index (χ1v) is 9.15. The van der Waals surface area contributed by atoms with Crippen LogP contribution in [0.25, 0.3) is 0 Å². The molecular weight excluding hydrogens is 385 g/mol. The lowest BCUT2D eigenvalue weighted by atomic mass is 10.1. The van der Waals surface area contributed by atoms with E-state index in [1.54, 1.807) is 30.3 Å². The number of hydrogen-bond acceptors (Lipinski definition) is 3. The van der Waals surface area contributed by atoms with Gasteiger partial charge in [-0.1, -0.05) is 23.7 Å². The van der Waals surface area contributed by atoms with Crippen LogP contribution >= 0.6 is 24.0 Å². The van der Waals surface area contributed by atoms with Crippen LogP contribution in [0, 0.1) is 0 Å². The third-order valence-electron chi connectivity index (χ3n) is 4.55. The van der Waals surface area contributed by atoms with Crippen LogP contribution in [-0.2, 0) is 6.54 Å². The van der Waals surface area contributed by atoms with Crippen molar-refractivity contribution >= 4 is 41.5 Å². The third kappa shape index (κ3) is 5.22. The molecule has 2 amide bonds. The van der Waals surface area contributed by atoms with Gasteiger partial charge in [0.2, 0.25) is 0 Å². The summed E-state index contributed by atoms with van der Waals surface area (Å²) in [7, 11) is 0. The summed E-state index contributed by atoms with van der Waals surface area (Å²) < 4.78 is 0. The van der Waals surface area contributed by atoms with Crippen molar-refractivity contribution in [3.63, 3.8) is 0 Å². The minimum Gasteiger partial charge on any atom is -0.339 e. The van der Waals surface area contributed by atoms with Crippen LogP contribution in [0.1, 0.15) is 45.5 Å². The Labute approximate surface area is 170 Å². The Morgan fingerprint density at radius 2 is 1.70 bits per heavy atom. The summed E-state index contributed by atoms with van der Waals surface area (Å²) >= 11 is 6.30. The van der Waals surface area contributed by atoms with Crippen LogP contribution in [0.3, 0.4) is 0 Å². The zero-order valence-corrected chi connectivity index (χ0v) is 16.5. The zero-order chi connectivity index (χ0) is 18.5. The Hall–Kier alpha value is -2.08. The molecule has 0 radical (unpaired) electrons. The third-order valence-corrected chi connectivity index (χ3v) is 4.87. The van der Waals surface area contributed by atoms with Crippen molar-refractivity contribution in [2.45, 2.75) is 25.8 Å². The lowest BCUT2D eigenvalue weighted by molar-refractivity contribution is 0.0724. The first-order chi connectivity index (χ1) is 12.6. The van der Waals surface area contributed by atoms with E-state index in [1.807, 2.05) is 17.0 Å². The molecule has 1 aliphatic heterocycles. The molecule has 0 bridgehead atoms. The van der Waals surface area contributed by atoms with Crippen LogP contribution in [-0.4, -0.2) is 29.8 Å². The molecule has 3 rings (SSSR count). The number of benzene rings is 2. The Balaban J connectivity index is 0.00000261. The van der Waals surface area contributed by atoms with Gasteiger partial charge in [0.05, 0.1) is 10.6 Å². The quantitative estimate of drug-likeness (QED) is 0.800. The molecule has 1 heterocycles. The van der Waals surface area contributed by atoms with Crippen LogP contribution in [0.4, 0.5) is 5.69 Å². The van der Waals surface area contributed by atoms with Crippen molar-refractivity contribution < 1.29 is 9.59 Å². The summed E-state index contributed by atoms with van der Waals surface area (Å²) in [6.45, 7) is 1.98. The van der Waals surface area contributed by atoms with E-state index in [2.05, 4.69) is 5.32 Å². The minimum absolute atomic E-state index is 0. The molecule has 7 heteroatoms. The fourth-order valence-corrected chi connectivity index (χ4v) is 3.29. The number of carbonyl (C=O) groups excluding carboxylic acids is 2. The molecule has 0 aliphatic carbocycles. The Morgan fingerprint density at radius 1 is 1.04 bits per heavy atom. The molecule has 1 aliphatic rings. The van der Waals surface area contributed by atoms with Gasteiger partial charge in [-0.05, 0) is 55.2 Å². The summed E-state index contributed by atoms with van der Waals surface area (Å²) in [5.74, 6) is -0.287. The van der Waals surface area contributed by atoms with Gasteiger partial charge in [0.1, 0.15) is 0 Å². The van der Waals surface area contributed by atoms with Crippen LogP contribution in [0.5, 0.6) is 0 Å². The highest BCUT2D eigenvalue weighted by atomic mass is 35.5. The Morgan fingerprint density at radius 3 is 2.30 bits per heavy atom. The van der Waals surface area contributed by atoms with Gasteiger partial charge < -0.3 is 16.0 Å². The summed E-state index contributed by atoms with van der Waals surface area (Å²) in [5.41, 5.74) is 8.08. The van der Waals surface area contributed by atoms with Crippen molar-refractivity contribution in [1.29, 1.82) is 0 Å². The van der Waals surface area contributed by atoms with Gasteiger partial charge in [0.25, 0.3) is 11.8 Å². The molecule has 2 aromatic carbocycles. The maximum absolute atomic E-state index is 12.6. The predicted octanol–water partition coefficient (Wildman–Crippen LogP) is 4.10. The average molecular weight is 408 g/mol. The number of hydrogen-bond donors (Lipinski definition) is 2. The van der Waals surface area contributed by atoms with Gasteiger partial charge in [-0.2, -0.15) is 0 Å². The van der Waals surface area contributed by atoms with E-state index in [0.717, 1.165) is 37.9 Å². The summed E-state index contributed by atoms with van der Waals surface area (Å²) in [6.07, 6.45) is 3.22. The number of piperidine rings is 1. The zero-order valence-electron chi connectivity index (χ0n) is 14.9. The molecule has 0 aromatic heterocycles. The van der Waals surface area contributed by atoms with E-state index >= 15 is 0 Å². The predicted molar refractivity (Wildman–Crippen MR) is 111 cm³/mol. The lowest BCUT2D eigenvalue weighted by Crippen LogP contribution is -2.35. The molecule has 1 saturated heterocycles. The van der Waals surface area contributed by atoms with Gasteiger partial charge in [-0.3, -0.25) is 9.59 Å². The Bertz CT molecular complexity index is 803. The van der Waals surface area contributed by atoms with E-state index in [0.29, 0.717) is 28.4 Å². The van der Waals surface area contributed by atoms with Crippen LogP contribution in [0.2, 0.25) is 5.02 Å². The van der Waals surface area contributed by atoms with E-state index in [-0.39, 0.29) is 24.2 Å². The number of anilines is 1. The maximum atomic E-state index is 12.6. The fourth-order valence-electron chi connectivity index (χ4n) is 3.03. The number of amides is 2.